The van der Waals surface area contributed by atoms with Crippen LogP contribution in [0.5, 0.6) is 0 Å². The minimum Gasteiger partial charge on any atom is -0.459 e. The molecule has 0 unspecified atom stereocenters. The third kappa shape index (κ3) is 4.70. The number of halogens is 1. The third-order valence-corrected chi connectivity index (χ3v) is 4.98. The first-order valence-electron chi connectivity index (χ1n) is 10.0. The number of rotatable bonds is 8. The number of nitrogens with zero attached hydrogens (tertiary/aromatic N) is 1. The Labute approximate surface area is 183 Å². The van der Waals surface area contributed by atoms with E-state index in [-0.39, 0.29) is 23.4 Å². The van der Waals surface area contributed by atoms with Gasteiger partial charge in [0.15, 0.2) is 5.76 Å². The minimum absolute atomic E-state index is 0.206. The highest BCUT2D eigenvalue weighted by molar-refractivity contribution is 6.04. The number of fused-ring (bicyclic) bond motifs is 1. The first-order chi connectivity index (χ1) is 15.5. The zero-order valence-corrected chi connectivity index (χ0v) is 17.4. The van der Waals surface area contributed by atoms with E-state index in [2.05, 4.69) is 10.6 Å². The zero-order chi connectivity index (χ0) is 22.5. The number of furan rings is 1. The molecule has 32 heavy (non-hydrogen) atoms. The lowest BCUT2D eigenvalue weighted by Crippen LogP contribution is -2.29. The molecule has 0 aliphatic carbocycles. The van der Waals surface area contributed by atoms with Crippen molar-refractivity contribution in [3.63, 3.8) is 0 Å². The van der Waals surface area contributed by atoms with Gasteiger partial charge in [-0.05, 0) is 54.1 Å². The van der Waals surface area contributed by atoms with E-state index in [1.54, 1.807) is 49.6 Å². The molecule has 0 spiro atoms. The first-order valence-corrected chi connectivity index (χ1v) is 10.0. The van der Waals surface area contributed by atoms with Crippen molar-refractivity contribution in [3.05, 3.63) is 89.8 Å². The second-order valence-electron chi connectivity index (χ2n) is 7.20. The van der Waals surface area contributed by atoms with E-state index in [9.17, 15) is 14.0 Å². The summed E-state index contributed by atoms with van der Waals surface area (Å²) in [4.78, 5) is 25.1. The van der Waals surface area contributed by atoms with Gasteiger partial charge in [-0.2, -0.15) is 0 Å². The summed E-state index contributed by atoms with van der Waals surface area (Å²) in [6, 6.07) is 16.5. The second kappa shape index (κ2) is 9.49. The molecule has 2 amide bonds. The Hall–Kier alpha value is -3.91. The lowest BCUT2D eigenvalue weighted by atomic mass is 10.2. The molecule has 0 saturated carbocycles. The lowest BCUT2D eigenvalue weighted by Gasteiger charge is -2.12. The predicted octanol–water partition coefficient (Wildman–Crippen LogP) is 4.05. The summed E-state index contributed by atoms with van der Waals surface area (Å²) >= 11 is 0. The van der Waals surface area contributed by atoms with Crippen LogP contribution in [0.4, 0.5) is 10.1 Å². The highest BCUT2D eigenvalue weighted by Crippen LogP contribution is 2.25. The molecule has 2 N–H and O–H groups in total. The third-order valence-electron chi connectivity index (χ3n) is 4.98. The number of hydrogen-bond donors (Lipinski definition) is 2. The SMILES string of the molecule is COCCNC(=O)c1cc2cc(NC(=O)c3ccco3)ccc2n1Cc1ccc(F)cc1. The Bertz CT molecular complexity index is 1230. The smallest absolute Gasteiger partial charge is 0.291 e. The van der Waals surface area contributed by atoms with Gasteiger partial charge in [0.1, 0.15) is 11.5 Å². The molecular weight excluding hydrogens is 413 g/mol. The van der Waals surface area contributed by atoms with Gasteiger partial charge >= 0.3 is 0 Å². The van der Waals surface area contributed by atoms with Gasteiger partial charge in [0, 0.05) is 36.8 Å². The van der Waals surface area contributed by atoms with Crippen molar-refractivity contribution < 1.29 is 23.1 Å². The topological polar surface area (TPSA) is 85.5 Å². The maximum atomic E-state index is 13.3. The van der Waals surface area contributed by atoms with E-state index in [1.807, 2.05) is 10.6 Å². The van der Waals surface area contributed by atoms with E-state index < -0.39 is 0 Å². The molecular formula is C24H22FN3O4. The Morgan fingerprint density at radius 2 is 1.88 bits per heavy atom. The number of anilines is 1. The summed E-state index contributed by atoms with van der Waals surface area (Å²) in [7, 11) is 1.57. The molecule has 0 saturated heterocycles. The molecule has 4 rings (SSSR count). The summed E-state index contributed by atoms with van der Waals surface area (Å²) < 4.78 is 25.3. The number of nitrogens with one attached hydrogen (secondary N) is 2. The van der Waals surface area contributed by atoms with Crippen LogP contribution in [0.3, 0.4) is 0 Å². The second-order valence-corrected chi connectivity index (χ2v) is 7.20. The van der Waals surface area contributed by atoms with Crippen LogP contribution < -0.4 is 10.6 Å². The highest BCUT2D eigenvalue weighted by Gasteiger charge is 2.17. The Kier molecular flexibility index (Phi) is 6.32. The predicted molar refractivity (Wildman–Crippen MR) is 118 cm³/mol. The number of aromatic nitrogens is 1. The van der Waals surface area contributed by atoms with Crippen molar-refractivity contribution in [2.24, 2.45) is 0 Å². The van der Waals surface area contributed by atoms with E-state index in [0.717, 1.165) is 16.5 Å². The van der Waals surface area contributed by atoms with E-state index in [0.29, 0.717) is 31.1 Å². The van der Waals surface area contributed by atoms with Gasteiger partial charge in [-0.15, -0.1) is 0 Å². The zero-order valence-electron chi connectivity index (χ0n) is 17.4. The molecule has 0 atom stereocenters. The van der Waals surface area contributed by atoms with Gasteiger partial charge in [-0.25, -0.2) is 4.39 Å². The maximum absolute atomic E-state index is 13.3. The average Bonchev–Trinajstić information content (AvgIpc) is 3.44. The van der Waals surface area contributed by atoms with Crippen molar-refractivity contribution in [2.75, 3.05) is 25.6 Å². The standard InChI is InChI=1S/C24H22FN3O4/c1-31-12-10-26-23(29)21-14-17-13-19(27-24(30)22-3-2-11-32-22)8-9-20(17)28(21)15-16-4-6-18(25)7-5-16/h2-9,11,13-14H,10,12,15H2,1H3,(H,26,29)(H,27,30). The normalized spacial score (nSPS) is 10.9. The van der Waals surface area contributed by atoms with Gasteiger partial charge in [-0.1, -0.05) is 12.1 Å². The molecule has 0 aliphatic rings. The van der Waals surface area contributed by atoms with Crippen LogP contribution in [0.15, 0.2) is 71.3 Å². The van der Waals surface area contributed by atoms with E-state index in [4.69, 9.17) is 9.15 Å². The quantitative estimate of drug-likeness (QED) is 0.409. The fourth-order valence-electron chi connectivity index (χ4n) is 3.44. The largest absolute Gasteiger partial charge is 0.459 e. The molecule has 2 aromatic heterocycles. The summed E-state index contributed by atoms with van der Waals surface area (Å²) in [5, 5.41) is 6.41. The molecule has 7 nitrogen and oxygen atoms in total. The Morgan fingerprint density at radius 1 is 1.06 bits per heavy atom. The fourth-order valence-corrected chi connectivity index (χ4v) is 3.44. The minimum atomic E-state index is -0.363. The average molecular weight is 435 g/mol. The van der Waals surface area contributed by atoms with Crippen molar-refractivity contribution in [2.45, 2.75) is 6.54 Å². The molecule has 8 heteroatoms. The van der Waals surface area contributed by atoms with Gasteiger partial charge < -0.3 is 24.4 Å². The van der Waals surface area contributed by atoms with Crippen LogP contribution in [0, 0.1) is 5.82 Å². The molecule has 0 fully saturated rings. The van der Waals surface area contributed by atoms with Crippen LogP contribution in [-0.4, -0.2) is 36.6 Å². The summed E-state index contributed by atoms with van der Waals surface area (Å²) in [6.07, 6.45) is 1.43. The van der Waals surface area contributed by atoms with Crippen LogP contribution in [0.2, 0.25) is 0 Å². The number of ether oxygens (including phenoxy) is 1. The summed E-state index contributed by atoms with van der Waals surface area (Å²) in [6.45, 7) is 1.15. The van der Waals surface area contributed by atoms with Crippen LogP contribution in [0.1, 0.15) is 26.6 Å². The van der Waals surface area contributed by atoms with Crippen LogP contribution >= 0.6 is 0 Å². The number of methoxy groups -OCH3 is 1. The van der Waals surface area contributed by atoms with Crippen molar-refractivity contribution in [1.29, 1.82) is 0 Å². The van der Waals surface area contributed by atoms with Gasteiger partial charge in [-0.3, -0.25) is 9.59 Å². The number of hydrogen-bond acceptors (Lipinski definition) is 4. The number of benzene rings is 2. The molecule has 4 aromatic rings. The molecule has 0 aliphatic heterocycles. The number of carbonyl (C=O) groups is 2. The van der Waals surface area contributed by atoms with Crippen molar-refractivity contribution >= 4 is 28.4 Å². The van der Waals surface area contributed by atoms with Gasteiger partial charge in [0.25, 0.3) is 11.8 Å². The fraction of sp³-hybridized carbons (Fsp3) is 0.167. The summed E-state index contributed by atoms with van der Waals surface area (Å²) in [5.41, 5.74) is 2.69. The van der Waals surface area contributed by atoms with Crippen molar-refractivity contribution in [1.82, 2.24) is 9.88 Å². The van der Waals surface area contributed by atoms with E-state index in [1.165, 1.54) is 18.4 Å². The van der Waals surface area contributed by atoms with Gasteiger partial charge in [0.05, 0.1) is 12.9 Å². The lowest BCUT2D eigenvalue weighted by molar-refractivity contribution is 0.0928. The first kappa shape index (κ1) is 21.3. The molecule has 2 aromatic carbocycles. The molecule has 164 valence electrons. The van der Waals surface area contributed by atoms with E-state index >= 15 is 0 Å². The number of carbonyl (C=O) groups excluding carboxylic acids is 2. The molecule has 2 heterocycles. The monoisotopic (exact) mass is 435 g/mol. The van der Waals surface area contributed by atoms with Gasteiger partial charge in [0.2, 0.25) is 0 Å². The highest BCUT2D eigenvalue weighted by atomic mass is 19.1. The Balaban J connectivity index is 1.67. The van der Waals surface area contributed by atoms with Crippen LogP contribution in [-0.2, 0) is 11.3 Å². The molecule has 0 radical (unpaired) electrons. The van der Waals surface area contributed by atoms with Crippen molar-refractivity contribution in [3.8, 4) is 0 Å². The summed E-state index contributed by atoms with van der Waals surface area (Å²) in [5.74, 6) is -0.725. The number of amides is 2. The maximum Gasteiger partial charge on any atom is 0.291 e. The molecule has 0 bridgehead atoms. The van der Waals surface area contributed by atoms with Crippen LogP contribution in [0.25, 0.3) is 10.9 Å². The Morgan fingerprint density at radius 3 is 2.59 bits per heavy atom.